The van der Waals surface area contributed by atoms with Crippen molar-refractivity contribution >= 4 is 28.3 Å². The molecule has 0 unspecified atom stereocenters. The van der Waals surface area contributed by atoms with E-state index in [0.29, 0.717) is 11.4 Å². The average molecular weight is 379 g/mol. The molecule has 4 rings (SSSR count). The second-order valence-electron chi connectivity index (χ2n) is 7.15. The summed E-state index contributed by atoms with van der Waals surface area (Å²) in [7, 11) is 3.54. The van der Waals surface area contributed by atoms with E-state index in [0.717, 1.165) is 25.1 Å². The van der Waals surface area contributed by atoms with Crippen LogP contribution in [0.25, 0.3) is 11.0 Å². The van der Waals surface area contributed by atoms with Crippen LogP contribution in [-0.4, -0.2) is 34.0 Å². The molecule has 0 atom stereocenters. The number of amides is 1. The molecule has 0 saturated carbocycles. The van der Waals surface area contributed by atoms with Gasteiger partial charge < -0.3 is 10.2 Å². The van der Waals surface area contributed by atoms with Crippen molar-refractivity contribution in [2.24, 2.45) is 7.05 Å². The molecule has 2 N–H and O–H groups in total. The molecule has 0 saturated heterocycles. The van der Waals surface area contributed by atoms with Crippen LogP contribution in [0.3, 0.4) is 0 Å². The zero-order valence-electron chi connectivity index (χ0n) is 16.0. The first-order chi connectivity index (χ1) is 13.3. The predicted molar refractivity (Wildman–Crippen MR) is 108 cm³/mol. The number of aryl methyl sites for hydroxylation is 3. The van der Waals surface area contributed by atoms with Crippen LogP contribution < -0.4 is 21.5 Å². The minimum absolute atomic E-state index is 0.0975. The maximum absolute atomic E-state index is 13.0. The molecule has 0 spiro atoms. The van der Waals surface area contributed by atoms with Crippen LogP contribution in [0.5, 0.6) is 0 Å². The minimum Gasteiger partial charge on any atom is -0.374 e. The van der Waals surface area contributed by atoms with Gasteiger partial charge in [0.25, 0.3) is 11.5 Å². The Kier molecular flexibility index (Phi) is 4.26. The largest absolute Gasteiger partial charge is 0.374 e. The van der Waals surface area contributed by atoms with Crippen molar-refractivity contribution in [3.05, 3.63) is 61.9 Å². The van der Waals surface area contributed by atoms with E-state index in [4.69, 9.17) is 0 Å². The van der Waals surface area contributed by atoms with Crippen LogP contribution in [-0.2, 0) is 13.5 Å². The number of H-pyrrole nitrogens is 1. The van der Waals surface area contributed by atoms with Crippen molar-refractivity contribution in [3.63, 3.8) is 0 Å². The van der Waals surface area contributed by atoms with Gasteiger partial charge in [0, 0.05) is 37.7 Å². The number of fused-ring (bicyclic) bond motifs is 2. The third-order valence-electron chi connectivity index (χ3n) is 5.14. The van der Waals surface area contributed by atoms with Gasteiger partial charge in [-0.15, -0.1) is 0 Å². The summed E-state index contributed by atoms with van der Waals surface area (Å²) in [6.07, 6.45) is 2.13. The Labute approximate surface area is 160 Å². The van der Waals surface area contributed by atoms with Crippen molar-refractivity contribution in [2.75, 3.05) is 23.8 Å². The van der Waals surface area contributed by atoms with E-state index in [-0.39, 0.29) is 16.6 Å². The summed E-state index contributed by atoms with van der Waals surface area (Å²) in [5, 5.41) is 2.97. The van der Waals surface area contributed by atoms with E-state index in [9.17, 15) is 14.4 Å². The van der Waals surface area contributed by atoms with E-state index in [2.05, 4.69) is 20.2 Å². The highest BCUT2D eigenvalue weighted by Gasteiger charge is 2.19. The number of rotatable bonds is 2. The maximum Gasteiger partial charge on any atom is 0.329 e. The van der Waals surface area contributed by atoms with Crippen molar-refractivity contribution < 1.29 is 4.79 Å². The lowest BCUT2D eigenvalue weighted by Crippen LogP contribution is -2.31. The highest BCUT2D eigenvalue weighted by Crippen LogP contribution is 2.29. The molecule has 1 aromatic carbocycles. The van der Waals surface area contributed by atoms with Gasteiger partial charge in [-0.1, -0.05) is 6.07 Å². The second kappa shape index (κ2) is 6.63. The fourth-order valence-corrected chi connectivity index (χ4v) is 3.68. The number of carbonyl (C=O) groups is 1. The zero-order chi connectivity index (χ0) is 20.0. The van der Waals surface area contributed by atoms with Crippen molar-refractivity contribution in [2.45, 2.75) is 19.8 Å². The molecule has 8 nitrogen and oxygen atoms in total. The standard InChI is InChI=1S/C20H21N5O3/c1-11-9-14(16-17(21-11)25(3)20(28)23-19(16)27)18(26)22-13-7-6-12-5-4-8-24(2)15(12)10-13/h6-7,9-10H,4-5,8H2,1-3H3,(H,22,26)(H,23,27,28). The van der Waals surface area contributed by atoms with Crippen LogP contribution in [0.1, 0.15) is 28.0 Å². The van der Waals surface area contributed by atoms with E-state index < -0.39 is 17.2 Å². The van der Waals surface area contributed by atoms with Gasteiger partial charge in [0.1, 0.15) is 5.65 Å². The fourth-order valence-electron chi connectivity index (χ4n) is 3.68. The van der Waals surface area contributed by atoms with Gasteiger partial charge in [-0.2, -0.15) is 0 Å². The zero-order valence-corrected chi connectivity index (χ0v) is 16.0. The summed E-state index contributed by atoms with van der Waals surface area (Å²) in [4.78, 5) is 45.9. The van der Waals surface area contributed by atoms with E-state index in [1.807, 2.05) is 25.2 Å². The third kappa shape index (κ3) is 2.96. The monoisotopic (exact) mass is 379 g/mol. The Balaban J connectivity index is 1.78. The van der Waals surface area contributed by atoms with Gasteiger partial charge in [-0.25, -0.2) is 9.78 Å². The fraction of sp³-hybridized carbons (Fsp3) is 0.300. The molecule has 3 aromatic rings. The van der Waals surface area contributed by atoms with Crippen molar-refractivity contribution in [1.82, 2.24) is 14.5 Å². The van der Waals surface area contributed by atoms with Gasteiger partial charge in [0.15, 0.2) is 0 Å². The quantitative estimate of drug-likeness (QED) is 0.704. The van der Waals surface area contributed by atoms with Gasteiger partial charge in [-0.05, 0) is 43.5 Å². The SMILES string of the molecule is Cc1cc(C(=O)Nc2ccc3c(c2)N(C)CCC3)c2c(=O)[nH]c(=O)n(C)c2n1. The topological polar surface area (TPSA) is 100 Å². The summed E-state index contributed by atoms with van der Waals surface area (Å²) >= 11 is 0. The summed E-state index contributed by atoms with van der Waals surface area (Å²) in [5.41, 5.74) is 2.73. The Bertz CT molecular complexity index is 1220. The minimum atomic E-state index is -0.624. The number of anilines is 2. The molecule has 2 aromatic heterocycles. The highest BCUT2D eigenvalue weighted by atomic mass is 16.2. The summed E-state index contributed by atoms with van der Waals surface area (Å²) in [5.74, 6) is -0.418. The number of aromatic amines is 1. The molecule has 1 amide bonds. The van der Waals surface area contributed by atoms with Crippen molar-refractivity contribution in [1.29, 1.82) is 0 Å². The number of carbonyl (C=O) groups excluding carboxylic acids is 1. The van der Waals surface area contributed by atoms with Gasteiger partial charge in [0.2, 0.25) is 0 Å². The van der Waals surface area contributed by atoms with Crippen LogP contribution in [0.2, 0.25) is 0 Å². The first-order valence-corrected chi connectivity index (χ1v) is 9.11. The number of pyridine rings is 1. The molecule has 0 fully saturated rings. The summed E-state index contributed by atoms with van der Waals surface area (Å²) in [6.45, 7) is 2.69. The van der Waals surface area contributed by atoms with Crippen LogP contribution in [0.15, 0.2) is 33.9 Å². The van der Waals surface area contributed by atoms with E-state index in [1.165, 1.54) is 17.2 Å². The lowest BCUT2D eigenvalue weighted by molar-refractivity contribution is 0.102. The highest BCUT2D eigenvalue weighted by molar-refractivity contribution is 6.12. The lowest BCUT2D eigenvalue weighted by Gasteiger charge is -2.28. The molecule has 0 radical (unpaired) electrons. The van der Waals surface area contributed by atoms with Gasteiger partial charge in [-0.3, -0.25) is 19.1 Å². The van der Waals surface area contributed by atoms with Crippen LogP contribution >= 0.6 is 0 Å². The molecular formula is C20H21N5O3. The normalized spacial score (nSPS) is 13.5. The number of aromatic nitrogens is 3. The molecule has 1 aliphatic heterocycles. The molecule has 8 heteroatoms. The Morgan fingerprint density at radius 3 is 2.79 bits per heavy atom. The Morgan fingerprint density at radius 2 is 2.00 bits per heavy atom. The Morgan fingerprint density at radius 1 is 1.21 bits per heavy atom. The van der Waals surface area contributed by atoms with Gasteiger partial charge in [0.05, 0.1) is 10.9 Å². The molecule has 0 aliphatic carbocycles. The predicted octanol–water partition coefficient (Wildman–Crippen LogP) is 1.56. The van der Waals surface area contributed by atoms with E-state index in [1.54, 1.807) is 13.0 Å². The molecular weight excluding hydrogens is 358 g/mol. The summed E-state index contributed by atoms with van der Waals surface area (Å²) in [6, 6.07) is 7.39. The maximum atomic E-state index is 13.0. The van der Waals surface area contributed by atoms with Crippen molar-refractivity contribution in [3.8, 4) is 0 Å². The molecule has 3 heterocycles. The molecule has 144 valence electrons. The van der Waals surface area contributed by atoms with Crippen LogP contribution in [0.4, 0.5) is 11.4 Å². The van der Waals surface area contributed by atoms with Gasteiger partial charge >= 0.3 is 5.69 Å². The average Bonchev–Trinajstić information content (AvgIpc) is 2.66. The third-order valence-corrected chi connectivity index (χ3v) is 5.14. The smallest absolute Gasteiger partial charge is 0.329 e. The number of hydrogen-bond donors (Lipinski definition) is 2. The molecule has 0 bridgehead atoms. The number of nitrogens with zero attached hydrogens (tertiary/aromatic N) is 3. The first-order valence-electron chi connectivity index (χ1n) is 9.11. The molecule has 1 aliphatic rings. The number of nitrogens with one attached hydrogen (secondary N) is 2. The molecule has 28 heavy (non-hydrogen) atoms. The number of benzene rings is 1. The van der Waals surface area contributed by atoms with E-state index >= 15 is 0 Å². The second-order valence-corrected chi connectivity index (χ2v) is 7.15. The number of hydrogen-bond acceptors (Lipinski definition) is 5. The Hall–Kier alpha value is -3.42. The summed E-state index contributed by atoms with van der Waals surface area (Å²) < 4.78 is 1.23. The lowest BCUT2D eigenvalue weighted by atomic mass is 10.0. The van der Waals surface area contributed by atoms with Crippen LogP contribution in [0, 0.1) is 6.92 Å². The first kappa shape index (κ1) is 18.0.